The third-order valence-corrected chi connectivity index (χ3v) is 9.49. The van der Waals surface area contributed by atoms with Crippen molar-refractivity contribution in [2.45, 2.75) is 19.5 Å². The Hall–Kier alpha value is -5.94. The Bertz CT molecular complexity index is 2440. The number of fused-ring (bicyclic) bond motifs is 6. The molecule has 8 aromatic rings. The standard InChI is InChI=1S/C42H33N5/c1-29-13-11-12-20-38(29)46-26-24-36-39-35(23-25-45(39)33-18-9-4-10-19-33)37-27-32(21-22-34(37)40(36)46)42-43-41(31-16-7-3-8-17-31)44-47(42)28-30-14-5-2-6-15-30/h2-27,29,38H,28H2,1H3. The minimum atomic E-state index is 0.236. The fraction of sp³-hybridized carbons (Fsp3) is 0.0952. The van der Waals surface area contributed by atoms with Crippen molar-refractivity contribution in [3.63, 3.8) is 0 Å². The van der Waals surface area contributed by atoms with Gasteiger partial charge in [0.1, 0.15) is 0 Å². The van der Waals surface area contributed by atoms with Gasteiger partial charge in [0.25, 0.3) is 0 Å². The van der Waals surface area contributed by atoms with Gasteiger partial charge >= 0.3 is 0 Å². The number of aromatic nitrogens is 5. The summed E-state index contributed by atoms with van der Waals surface area (Å²) in [7, 11) is 0. The van der Waals surface area contributed by atoms with Gasteiger partial charge in [-0.1, -0.05) is 122 Å². The zero-order valence-corrected chi connectivity index (χ0v) is 26.1. The summed E-state index contributed by atoms with van der Waals surface area (Å²) >= 11 is 0. The van der Waals surface area contributed by atoms with Crippen molar-refractivity contribution >= 4 is 32.6 Å². The minimum absolute atomic E-state index is 0.236. The molecule has 2 unspecified atom stereocenters. The smallest absolute Gasteiger partial charge is 0.181 e. The zero-order valence-electron chi connectivity index (χ0n) is 26.1. The third-order valence-electron chi connectivity index (χ3n) is 9.49. The molecular formula is C42H33N5. The summed E-state index contributed by atoms with van der Waals surface area (Å²) in [6.45, 7) is 2.93. The van der Waals surface area contributed by atoms with Gasteiger partial charge in [-0.05, 0) is 47.2 Å². The van der Waals surface area contributed by atoms with Crippen LogP contribution in [0.4, 0.5) is 0 Å². The van der Waals surface area contributed by atoms with Gasteiger partial charge < -0.3 is 9.13 Å². The Labute approximate surface area is 273 Å². The lowest BCUT2D eigenvalue weighted by Gasteiger charge is -2.24. The van der Waals surface area contributed by atoms with Gasteiger partial charge in [0.15, 0.2) is 11.6 Å². The van der Waals surface area contributed by atoms with Crippen LogP contribution in [0.15, 0.2) is 158 Å². The van der Waals surface area contributed by atoms with Crippen molar-refractivity contribution in [1.82, 2.24) is 23.9 Å². The molecule has 0 fully saturated rings. The van der Waals surface area contributed by atoms with E-state index in [9.17, 15) is 0 Å². The van der Waals surface area contributed by atoms with Crippen LogP contribution in [0.1, 0.15) is 18.5 Å². The second-order valence-electron chi connectivity index (χ2n) is 12.4. The Morgan fingerprint density at radius 2 is 1.32 bits per heavy atom. The lowest BCUT2D eigenvalue weighted by molar-refractivity contribution is 0.499. The largest absolute Gasteiger partial charge is 0.339 e. The van der Waals surface area contributed by atoms with E-state index in [1.807, 2.05) is 28.9 Å². The maximum atomic E-state index is 5.16. The van der Waals surface area contributed by atoms with Crippen LogP contribution in [-0.2, 0) is 6.54 Å². The Morgan fingerprint density at radius 1 is 0.617 bits per heavy atom. The van der Waals surface area contributed by atoms with Gasteiger partial charge in [-0.3, -0.25) is 0 Å². The molecule has 0 saturated heterocycles. The molecule has 0 radical (unpaired) electrons. The van der Waals surface area contributed by atoms with E-state index < -0.39 is 0 Å². The fourth-order valence-electron chi connectivity index (χ4n) is 7.20. The van der Waals surface area contributed by atoms with E-state index in [0.717, 1.165) is 28.5 Å². The maximum absolute atomic E-state index is 5.16. The summed E-state index contributed by atoms with van der Waals surface area (Å²) < 4.78 is 6.85. The summed E-state index contributed by atoms with van der Waals surface area (Å²) in [5.74, 6) is 1.97. The maximum Gasteiger partial charge on any atom is 0.181 e. The second-order valence-corrected chi connectivity index (χ2v) is 12.4. The van der Waals surface area contributed by atoms with Crippen LogP contribution in [0.5, 0.6) is 0 Å². The van der Waals surface area contributed by atoms with Crippen LogP contribution < -0.4 is 0 Å². The van der Waals surface area contributed by atoms with Crippen molar-refractivity contribution in [2.75, 3.05) is 0 Å². The van der Waals surface area contributed by atoms with Crippen LogP contribution in [0.3, 0.4) is 0 Å². The number of para-hydroxylation sites is 1. The highest BCUT2D eigenvalue weighted by Crippen LogP contribution is 2.41. The molecule has 1 aliphatic carbocycles. The highest BCUT2D eigenvalue weighted by atomic mass is 15.3. The van der Waals surface area contributed by atoms with E-state index in [-0.39, 0.29) is 6.04 Å². The van der Waals surface area contributed by atoms with E-state index in [2.05, 4.69) is 150 Å². The van der Waals surface area contributed by atoms with Gasteiger partial charge in [-0.2, -0.15) is 5.10 Å². The molecular weight excluding hydrogens is 574 g/mol. The summed E-state index contributed by atoms with van der Waals surface area (Å²) in [5.41, 5.74) is 6.85. The van der Waals surface area contributed by atoms with Gasteiger partial charge in [0.2, 0.25) is 0 Å². The number of nitrogens with zero attached hydrogens (tertiary/aromatic N) is 5. The molecule has 0 bridgehead atoms. The molecule has 5 nitrogen and oxygen atoms in total. The third kappa shape index (κ3) is 4.62. The molecule has 2 atom stereocenters. The molecule has 0 N–H and O–H groups in total. The summed E-state index contributed by atoms with van der Waals surface area (Å²) in [4.78, 5) is 5.16. The number of hydrogen-bond donors (Lipinski definition) is 0. The number of rotatable bonds is 6. The average Bonchev–Trinajstić information content (AvgIpc) is 3.87. The Kier molecular flexibility index (Phi) is 6.49. The lowest BCUT2D eigenvalue weighted by Crippen LogP contribution is -2.14. The van der Waals surface area contributed by atoms with Crippen molar-refractivity contribution in [3.8, 4) is 28.5 Å². The molecule has 1 aliphatic rings. The first kappa shape index (κ1) is 27.4. The first-order valence-electron chi connectivity index (χ1n) is 16.3. The quantitative estimate of drug-likeness (QED) is 0.189. The van der Waals surface area contributed by atoms with Crippen molar-refractivity contribution in [2.24, 2.45) is 5.92 Å². The first-order chi connectivity index (χ1) is 23.2. The molecule has 5 aromatic carbocycles. The monoisotopic (exact) mass is 607 g/mol. The first-order valence-corrected chi connectivity index (χ1v) is 16.3. The molecule has 0 saturated carbocycles. The van der Waals surface area contributed by atoms with Gasteiger partial charge in [0, 0.05) is 45.4 Å². The van der Waals surface area contributed by atoms with Gasteiger partial charge in [-0.25, -0.2) is 9.67 Å². The predicted octanol–water partition coefficient (Wildman–Crippen LogP) is 10.0. The molecule has 5 heteroatoms. The van der Waals surface area contributed by atoms with Crippen LogP contribution in [0, 0.1) is 5.92 Å². The highest BCUT2D eigenvalue weighted by molar-refractivity contribution is 6.24. The van der Waals surface area contributed by atoms with E-state index in [1.165, 1.54) is 38.1 Å². The molecule has 3 heterocycles. The average molecular weight is 608 g/mol. The molecule has 226 valence electrons. The molecule has 0 amide bonds. The van der Waals surface area contributed by atoms with Gasteiger partial charge in [-0.15, -0.1) is 0 Å². The van der Waals surface area contributed by atoms with E-state index in [4.69, 9.17) is 10.1 Å². The molecule has 3 aromatic heterocycles. The van der Waals surface area contributed by atoms with Crippen LogP contribution in [0.2, 0.25) is 0 Å². The van der Waals surface area contributed by atoms with Crippen LogP contribution >= 0.6 is 0 Å². The number of benzene rings is 5. The Morgan fingerprint density at radius 3 is 2.11 bits per heavy atom. The number of allylic oxidation sites excluding steroid dienone is 4. The van der Waals surface area contributed by atoms with Crippen LogP contribution in [0.25, 0.3) is 61.0 Å². The lowest BCUT2D eigenvalue weighted by atomic mass is 9.95. The molecule has 0 aliphatic heterocycles. The van der Waals surface area contributed by atoms with E-state index >= 15 is 0 Å². The normalized spacial score (nSPS) is 16.1. The highest BCUT2D eigenvalue weighted by Gasteiger charge is 2.23. The molecule has 9 rings (SSSR count). The predicted molar refractivity (Wildman–Crippen MR) is 193 cm³/mol. The Balaban J connectivity index is 1.30. The molecule has 0 spiro atoms. The number of hydrogen-bond acceptors (Lipinski definition) is 2. The minimum Gasteiger partial charge on any atom is -0.339 e. The summed E-state index contributed by atoms with van der Waals surface area (Å²) in [5, 5.41) is 9.96. The van der Waals surface area contributed by atoms with E-state index in [0.29, 0.717) is 12.5 Å². The SMILES string of the molecule is CC1C=CC=CC1n1ccc2c3c(ccn3-c3ccccc3)c3cc(-c4nc(-c5ccccc5)nn4Cc4ccccc4)ccc3c21. The summed E-state index contributed by atoms with van der Waals surface area (Å²) in [6.07, 6.45) is 13.4. The topological polar surface area (TPSA) is 40.6 Å². The van der Waals surface area contributed by atoms with Gasteiger partial charge in [0.05, 0.1) is 23.6 Å². The van der Waals surface area contributed by atoms with Crippen molar-refractivity contribution in [1.29, 1.82) is 0 Å². The van der Waals surface area contributed by atoms with E-state index in [1.54, 1.807) is 0 Å². The second kappa shape index (κ2) is 11.1. The fourth-order valence-corrected chi connectivity index (χ4v) is 7.20. The summed E-state index contributed by atoms with van der Waals surface area (Å²) in [6, 6.07) is 43.0. The van der Waals surface area contributed by atoms with Crippen molar-refractivity contribution in [3.05, 3.63) is 164 Å². The molecule has 47 heavy (non-hydrogen) atoms. The van der Waals surface area contributed by atoms with Crippen molar-refractivity contribution < 1.29 is 0 Å². The van der Waals surface area contributed by atoms with Crippen LogP contribution in [-0.4, -0.2) is 23.9 Å². The zero-order chi connectivity index (χ0) is 31.3.